The summed E-state index contributed by atoms with van der Waals surface area (Å²) < 4.78 is 10.0. The SMILES string of the molecule is COC(=O)[C@@H]1C[C@H](NC(=O)OC(C)(C)C)[C@@H]2C[C@@H]21. The number of hydrogen-bond acceptors (Lipinski definition) is 4. The van der Waals surface area contributed by atoms with Gasteiger partial charge in [0.25, 0.3) is 0 Å². The first kappa shape index (κ1) is 13.2. The van der Waals surface area contributed by atoms with Crippen LogP contribution in [0.15, 0.2) is 0 Å². The number of hydrogen-bond donors (Lipinski definition) is 1. The molecule has 1 amide bonds. The maximum Gasteiger partial charge on any atom is 0.407 e. The lowest BCUT2D eigenvalue weighted by Crippen LogP contribution is -2.39. The molecule has 0 radical (unpaired) electrons. The maximum atomic E-state index is 11.7. The molecule has 0 aromatic carbocycles. The van der Waals surface area contributed by atoms with Gasteiger partial charge in [-0.25, -0.2) is 4.79 Å². The molecule has 2 fully saturated rings. The van der Waals surface area contributed by atoms with Crippen LogP contribution in [0.25, 0.3) is 0 Å². The Labute approximate surface area is 107 Å². The second kappa shape index (κ2) is 4.44. The highest BCUT2D eigenvalue weighted by atomic mass is 16.6. The van der Waals surface area contributed by atoms with Crippen LogP contribution >= 0.6 is 0 Å². The van der Waals surface area contributed by atoms with Crippen molar-refractivity contribution in [3.8, 4) is 0 Å². The molecule has 2 aliphatic rings. The Morgan fingerprint density at radius 1 is 1.17 bits per heavy atom. The molecule has 2 aliphatic carbocycles. The molecular formula is C13H21NO4. The summed E-state index contributed by atoms with van der Waals surface area (Å²) >= 11 is 0. The standard InChI is InChI=1S/C13H21NO4/c1-13(2,3)18-12(16)14-10-6-9(11(15)17-4)7-5-8(7)10/h7-10H,5-6H2,1-4H3,(H,14,16)/t7-,8+,9+,10-/m0/s1. The zero-order valence-corrected chi connectivity index (χ0v) is 11.4. The smallest absolute Gasteiger partial charge is 0.407 e. The van der Waals surface area contributed by atoms with Crippen LogP contribution in [0.2, 0.25) is 0 Å². The zero-order chi connectivity index (χ0) is 13.5. The van der Waals surface area contributed by atoms with Gasteiger partial charge in [-0.2, -0.15) is 0 Å². The van der Waals surface area contributed by atoms with Gasteiger partial charge in [0.2, 0.25) is 0 Å². The van der Waals surface area contributed by atoms with Crippen molar-refractivity contribution in [3.63, 3.8) is 0 Å². The van der Waals surface area contributed by atoms with Crippen LogP contribution in [0.4, 0.5) is 4.79 Å². The number of nitrogens with one attached hydrogen (secondary N) is 1. The van der Waals surface area contributed by atoms with Gasteiger partial charge in [-0.05, 0) is 45.4 Å². The average molecular weight is 255 g/mol. The number of alkyl carbamates (subject to hydrolysis) is 1. The average Bonchev–Trinajstić information content (AvgIpc) is 2.94. The van der Waals surface area contributed by atoms with Gasteiger partial charge >= 0.3 is 12.1 Å². The molecule has 5 nitrogen and oxygen atoms in total. The lowest BCUT2D eigenvalue weighted by molar-refractivity contribution is -0.146. The minimum absolute atomic E-state index is 0.0500. The number of carbonyl (C=O) groups excluding carboxylic acids is 2. The van der Waals surface area contributed by atoms with E-state index in [4.69, 9.17) is 9.47 Å². The number of esters is 1. The first-order valence-electron chi connectivity index (χ1n) is 6.39. The van der Waals surface area contributed by atoms with Crippen molar-refractivity contribution in [2.75, 3.05) is 7.11 Å². The van der Waals surface area contributed by atoms with E-state index in [-0.39, 0.29) is 17.9 Å². The molecule has 0 spiro atoms. The van der Waals surface area contributed by atoms with Crippen LogP contribution in [0.5, 0.6) is 0 Å². The first-order chi connectivity index (χ1) is 8.31. The third-order valence-corrected chi connectivity index (χ3v) is 3.64. The second-order valence-electron chi connectivity index (χ2n) is 6.18. The van der Waals surface area contributed by atoms with Crippen molar-refractivity contribution in [3.05, 3.63) is 0 Å². The Morgan fingerprint density at radius 2 is 1.83 bits per heavy atom. The molecule has 18 heavy (non-hydrogen) atoms. The van der Waals surface area contributed by atoms with Gasteiger partial charge < -0.3 is 14.8 Å². The van der Waals surface area contributed by atoms with Crippen LogP contribution in [0.1, 0.15) is 33.6 Å². The molecule has 0 bridgehead atoms. The summed E-state index contributed by atoms with van der Waals surface area (Å²) in [5, 5.41) is 2.87. The van der Waals surface area contributed by atoms with Crippen LogP contribution in [-0.2, 0) is 14.3 Å². The number of rotatable bonds is 2. The number of carbonyl (C=O) groups is 2. The topological polar surface area (TPSA) is 64.6 Å². The molecule has 1 N–H and O–H groups in total. The lowest BCUT2D eigenvalue weighted by Gasteiger charge is -2.22. The van der Waals surface area contributed by atoms with Crippen molar-refractivity contribution in [2.45, 2.75) is 45.3 Å². The van der Waals surface area contributed by atoms with Gasteiger partial charge in [0.15, 0.2) is 0 Å². The molecule has 0 aliphatic heterocycles. The Kier molecular flexibility index (Phi) is 3.25. The van der Waals surface area contributed by atoms with E-state index in [0.29, 0.717) is 18.3 Å². The molecule has 0 heterocycles. The highest BCUT2D eigenvalue weighted by Gasteiger charge is 2.57. The minimum Gasteiger partial charge on any atom is -0.469 e. The van der Waals surface area contributed by atoms with Gasteiger partial charge in [-0.3, -0.25) is 4.79 Å². The van der Waals surface area contributed by atoms with E-state index in [1.165, 1.54) is 7.11 Å². The Balaban J connectivity index is 1.86. The van der Waals surface area contributed by atoms with Gasteiger partial charge in [-0.1, -0.05) is 0 Å². The van der Waals surface area contributed by atoms with Crippen molar-refractivity contribution in [1.29, 1.82) is 0 Å². The number of methoxy groups -OCH3 is 1. The molecule has 5 heteroatoms. The van der Waals surface area contributed by atoms with E-state index in [1.807, 2.05) is 20.8 Å². The van der Waals surface area contributed by atoms with Gasteiger partial charge in [0, 0.05) is 6.04 Å². The van der Waals surface area contributed by atoms with Crippen LogP contribution in [0, 0.1) is 17.8 Å². The van der Waals surface area contributed by atoms with Crippen molar-refractivity contribution < 1.29 is 19.1 Å². The lowest BCUT2D eigenvalue weighted by atomic mass is 10.0. The monoisotopic (exact) mass is 255 g/mol. The Morgan fingerprint density at radius 3 is 2.39 bits per heavy atom. The van der Waals surface area contributed by atoms with Crippen LogP contribution in [0.3, 0.4) is 0 Å². The molecule has 102 valence electrons. The quantitative estimate of drug-likeness (QED) is 0.763. The number of ether oxygens (including phenoxy) is 2. The molecule has 0 aromatic heterocycles. The Bertz CT molecular complexity index is 360. The van der Waals surface area contributed by atoms with E-state index in [2.05, 4.69) is 5.32 Å². The van der Waals surface area contributed by atoms with Crippen molar-refractivity contribution in [1.82, 2.24) is 5.32 Å². The summed E-state index contributed by atoms with van der Waals surface area (Å²) in [5.41, 5.74) is -0.493. The van der Waals surface area contributed by atoms with E-state index in [1.54, 1.807) is 0 Å². The summed E-state index contributed by atoms with van der Waals surface area (Å²) in [6.07, 6.45) is 1.27. The van der Waals surface area contributed by atoms with E-state index in [9.17, 15) is 9.59 Å². The molecule has 0 aromatic rings. The third kappa shape index (κ3) is 2.76. The molecule has 2 rings (SSSR count). The van der Waals surface area contributed by atoms with Crippen molar-refractivity contribution in [2.24, 2.45) is 17.8 Å². The normalized spacial score (nSPS) is 33.6. The van der Waals surface area contributed by atoms with Gasteiger partial charge in [0.1, 0.15) is 5.60 Å². The summed E-state index contributed by atoms with van der Waals surface area (Å²) in [5.74, 6) is 0.593. The molecule has 0 unspecified atom stereocenters. The summed E-state index contributed by atoms with van der Waals surface area (Å²) in [6, 6.07) is 0.0500. The van der Waals surface area contributed by atoms with Gasteiger partial charge in [-0.15, -0.1) is 0 Å². The Hall–Kier alpha value is -1.26. The highest BCUT2D eigenvalue weighted by Crippen LogP contribution is 2.55. The third-order valence-electron chi connectivity index (χ3n) is 3.64. The minimum atomic E-state index is -0.493. The van der Waals surface area contributed by atoms with E-state index < -0.39 is 11.7 Å². The van der Waals surface area contributed by atoms with Crippen LogP contribution < -0.4 is 5.32 Å². The van der Waals surface area contributed by atoms with E-state index >= 15 is 0 Å². The predicted molar refractivity (Wildman–Crippen MR) is 64.9 cm³/mol. The molecule has 4 atom stereocenters. The maximum absolute atomic E-state index is 11.7. The largest absolute Gasteiger partial charge is 0.469 e. The van der Waals surface area contributed by atoms with Crippen molar-refractivity contribution >= 4 is 12.1 Å². The molecular weight excluding hydrogens is 234 g/mol. The molecule has 2 saturated carbocycles. The number of fused-ring (bicyclic) bond motifs is 1. The fraction of sp³-hybridized carbons (Fsp3) is 0.846. The fourth-order valence-corrected chi connectivity index (χ4v) is 2.83. The van der Waals surface area contributed by atoms with Crippen LogP contribution in [-0.4, -0.2) is 30.8 Å². The fourth-order valence-electron chi connectivity index (χ4n) is 2.83. The summed E-state index contributed by atoms with van der Waals surface area (Å²) in [7, 11) is 1.41. The summed E-state index contributed by atoms with van der Waals surface area (Å²) in [4.78, 5) is 23.2. The van der Waals surface area contributed by atoms with E-state index in [0.717, 1.165) is 6.42 Å². The molecule has 0 saturated heterocycles. The number of amides is 1. The highest BCUT2D eigenvalue weighted by molar-refractivity contribution is 5.75. The predicted octanol–water partition coefficient (Wildman–Crippen LogP) is 1.71. The van der Waals surface area contributed by atoms with Gasteiger partial charge in [0.05, 0.1) is 13.0 Å². The summed E-state index contributed by atoms with van der Waals surface area (Å²) in [6.45, 7) is 5.50. The zero-order valence-electron chi connectivity index (χ0n) is 11.4. The second-order valence-corrected chi connectivity index (χ2v) is 6.18. The first-order valence-corrected chi connectivity index (χ1v) is 6.39.